The Bertz CT molecular complexity index is 649. The molecule has 1 aliphatic heterocycles. The monoisotopic (exact) mass is 300 g/mol. The number of hydrogen-bond donors (Lipinski definition) is 4. The zero-order chi connectivity index (χ0) is 14.4. The van der Waals surface area contributed by atoms with E-state index in [4.69, 9.17) is 27.2 Å². The maximum absolute atomic E-state index is 10.0. The minimum absolute atomic E-state index is 0.184. The van der Waals surface area contributed by atoms with Crippen molar-refractivity contribution in [3.63, 3.8) is 0 Å². The van der Waals surface area contributed by atoms with Gasteiger partial charge >= 0.3 is 0 Å². The van der Waals surface area contributed by atoms with E-state index in [0.29, 0.717) is 16.9 Å². The average molecular weight is 301 g/mol. The number of anilines is 1. The van der Waals surface area contributed by atoms with Gasteiger partial charge in [-0.3, -0.25) is 4.57 Å². The van der Waals surface area contributed by atoms with Gasteiger partial charge in [0.25, 0.3) is 0 Å². The smallest absolute Gasteiger partial charge is 0.165 e. The summed E-state index contributed by atoms with van der Waals surface area (Å²) in [5.74, 6) is 0. The first kappa shape index (κ1) is 13.5. The van der Waals surface area contributed by atoms with Crippen LogP contribution in [0.1, 0.15) is 6.23 Å². The van der Waals surface area contributed by atoms with Crippen LogP contribution in [0.15, 0.2) is 12.4 Å². The second kappa shape index (κ2) is 4.83. The van der Waals surface area contributed by atoms with Crippen LogP contribution in [0.5, 0.6) is 0 Å². The van der Waals surface area contributed by atoms with Gasteiger partial charge in [-0.1, -0.05) is 11.6 Å². The van der Waals surface area contributed by atoms with E-state index in [0.717, 1.165) is 0 Å². The largest absolute Gasteiger partial charge is 0.397 e. The summed E-state index contributed by atoms with van der Waals surface area (Å²) in [4.78, 5) is 8.20. The molecule has 0 bridgehead atoms. The first-order chi connectivity index (χ1) is 9.52. The van der Waals surface area contributed by atoms with Crippen molar-refractivity contribution in [1.29, 1.82) is 0 Å². The summed E-state index contributed by atoms with van der Waals surface area (Å²) in [6.07, 6.45) is -2.81. The van der Waals surface area contributed by atoms with Gasteiger partial charge in [0.15, 0.2) is 11.9 Å². The lowest BCUT2D eigenvalue weighted by molar-refractivity contribution is -0.0511. The Morgan fingerprint density at radius 1 is 1.40 bits per heavy atom. The number of halogens is 1. The number of nitrogen functional groups attached to an aromatic ring is 1. The Morgan fingerprint density at radius 2 is 2.15 bits per heavy atom. The maximum Gasteiger partial charge on any atom is 0.165 e. The highest BCUT2D eigenvalue weighted by Crippen LogP contribution is 2.32. The third-order valence-corrected chi connectivity index (χ3v) is 3.51. The highest BCUT2D eigenvalue weighted by atomic mass is 35.5. The summed E-state index contributed by atoms with van der Waals surface area (Å²) in [6.45, 7) is -0.405. The van der Waals surface area contributed by atoms with Crippen molar-refractivity contribution in [2.24, 2.45) is 0 Å². The van der Waals surface area contributed by atoms with Crippen LogP contribution in [-0.4, -0.2) is 54.8 Å². The van der Waals surface area contributed by atoms with Crippen LogP contribution < -0.4 is 5.73 Å². The van der Waals surface area contributed by atoms with Gasteiger partial charge < -0.3 is 25.8 Å². The van der Waals surface area contributed by atoms with Crippen LogP contribution in [-0.2, 0) is 4.74 Å². The zero-order valence-electron chi connectivity index (χ0n) is 10.2. The first-order valence-electron chi connectivity index (χ1n) is 5.94. The Hall–Kier alpha value is -1.45. The molecular weight excluding hydrogens is 288 g/mol. The summed E-state index contributed by atoms with van der Waals surface area (Å²) in [7, 11) is 0. The molecule has 1 unspecified atom stereocenters. The molecule has 0 saturated carbocycles. The third-order valence-electron chi connectivity index (χ3n) is 3.32. The lowest BCUT2D eigenvalue weighted by atomic mass is 10.1. The Kier molecular flexibility index (Phi) is 3.27. The molecule has 5 N–H and O–H groups in total. The first-order valence-corrected chi connectivity index (χ1v) is 6.31. The fourth-order valence-electron chi connectivity index (χ4n) is 2.30. The molecule has 0 radical (unpaired) electrons. The Morgan fingerprint density at radius 3 is 2.80 bits per heavy atom. The minimum Gasteiger partial charge on any atom is -0.397 e. The minimum atomic E-state index is -1.22. The summed E-state index contributed by atoms with van der Waals surface area (Å²) < 4.78 is 6.85. The highest BCUT2D eigenvalue weighted by molar-refractivity contribution is 6.30. The van der Waals surface area contributed by atoms with E-state index in [2.05, 4.69) is 9.97 Å². The molecule has 9 heteroatoms. The molecular formula is C11H13ClN4O4. The number of pyridine rings is 1. The number of fused-ring (bicyclic) bond motifs is 1. The highest BCUT2D eigenvalue weighted by Gasteiger charge is 2.43. The molecule has 0 aromatic carbocycles. The van der Waals surface area contributed by atoms with Crippen LogP contribution in [0.4, 0.5) is 5.69 Å². The van der Waals surface area contributed by atoms with Crippen molar-refractivity contribution in [1.82, 2.24) is 14.5 Å². The number of hydrogen-bond acceptors (Lipinski definition) is 7. The fourth-order valence-corrected chi connectivity index (χ4v) is 2.49. The molecule has 3 rings (SSSR count). The second-order valence-corrected chi connectivity index (χ2v) is 4.97. The van der Waals surface area contributed by atoms with Crippen molar-refractivity contribution in [2.75, 3.05) is 12.3 Å². The number of aromatic nitrogens is 3. The van der Waals surface area contributed by atoms with Gasteiger partial charge in [0.2, 0.25) is 0 Å². The van der Waals surface area contributed by atoms with Gasteiger partial charge in [-0.05, 0) is 0 Å². The van der Waals surface area contributed by atoms with E-state index in [1.54, 1.807) is 0 Å². The Labute approximate surface area is 118 Å². The van der Waals surface area contributed by atoms with Crippen molar-refractivity contribution in [3.8, 4) is 0 Å². The van der Waals surface area contributed by atoms with E-state index < -0.39 is 31.1 Å². The van der Waals surface area contributed by atoms with Crippen molar-refractivity contribution < 1.29 is 20.1 Å². The predicted molar refractivity (Wildman–Crippen MR) is 70.0 cm³/mol. The number of rotatable bonds is 2. The van der Waals surface area contributed by atoms with Gasteiger partial charge in [-0.15, -0.1) is 0 Å². The molecule has 108 valence electrons. The molecule has 3 heterocycles. The normalized spacial score (nSPS) is 30.2. The van der Waals surface area contributed by atoms with Gasteiger partial charge in [0.05, 0.1) is 18.6 Å². The zero-order valence-corrected chi connectivity index (χ0v) is 11.0. The molecule has 4 atom stereocenters. The molecule has 1 aliphatic rings. The molecule has 8 nitrogen and oxygen atoms in total. The molecule has 1 fully saturated rings. The molecule has 1 saturated heterocycles. The van der Waals surface area contributed by atoms with E-state index in [-0.39, 0.29) is 5.15 Å². The van der Waals surface area contributed by atoms with E-state index in [9.17, 15) is 10.2 Å². The van der Waals surface area contributed by atoms with E-state index >= 15 is 0 Å². The van der Waals surface area contributed by atoms with Gasteiger partial charge in [-0.2, -0.15) is 0 Å². The average Bonchev–Trinajstić information content (AvgIpc) is 2.93. The number of imidazole rings is 1. The van der Waals surface area contributed by atoms with Crippen molar-refractivity contribution >= 4 is 28.5 Å². The lowest BCUT2D eigenvalue weighted by Gasteiger charge is -2.16. The number of nitrogens with zero attached hydrogens (tertiary/aromatic N) is 3. The SMILES string of the molecule is Nc1cc(Cl)nc2c1ncn2[C@@H]1O[C@H](CO)[C@@H](O)C1O. The van der Waals surface area contributed by atoms with Crippen LogP contribution in [0, 0.1) is 0 Å². The summed E-state index contributed by atoms with van der Waals surface area (Å²) in [5.41, 5.74) is 6.90. The molecule has 0 spiro atoms. The molecule has 2 aromatic rings. The van der Waals surface area contributed by atoms with Crippen molar-refractivity contribution in [2.45, 2.75) is 24.5 Å². The molecule has 2 aromatic heterocycles. The topological polar surface area (TPSA) is 127 Å². The summed E-state index contributed by atoms with van der Waals surface area (Å²) in [6, 6.07) is 1.47. The van der Waals surface area contributed by atoms with Crippen LogP contribution in [0.3, 0.4) is 0 Å². The Balaban J connectivity index is 2.07. The number of aliphatic hydroxyl groups is 3. The predicted octanol–water partition coefficient (Wildman–Crippen LogP) is -0.722. The molecule has 0 amide bonds. The number of aliphatic hydroxyl groups excluding tert-OH is 3. The third kappa shape index (κ3) is 1.93. The van der Waals surface area contributed by atoms with Crippen LogP contribution in [0.2, 0.25) is 5.15 Å². The lowest BCUT2D eigenvalue weighted by Crippen LogP contribution is -2.33. The second-order valence-electron chi connectivity index (χ2n) is 4.59. The van der Waals surface area contributed by atoms with Crippen LogP contribution >= 0.6 is 11.6 Å². The van der Waals surface area contributed by atoms with Gasteiger partial charge in [-0.25, -0.2) is 9.97 Å². The van der Waals surface area contributed by atoms with Gasteiger partial charge in [0.1, 0.15) is 29.0 Å². The van der Waals surface area contributed by atoms with E-state index in [1.165, 1.54) is 17.0 Å². The molecule has 0 aliphatic carbocycles. The number of nitrogens with two attached hydrogens (primary N) is 1. The fraction of sp³-hybridized carbons (Fsp3) is 0.455. The van der Waals surface area contributed by atoms with E-state index in [1.807, 2.05) is 0 Å². The van der Waals surface area contributed by atoms with Crippen LogP contribution in [0.25, 0.3) is 11.2 Å². The van der Waals surface area contributed by atoms with Gasteiger partial charge in [0, 0.05) is 6.07 Å². The van der Waals surface area contributed by atoms with Crippen molar-refractivity contribution in [3.05, 3.63) is 17.5 Å². The molecule has 20 heavy (non-hydrogen) atoms. The summed E-state index contributed by atoms with van der Waals surface area (Å²) >= 11 is 5.86. The maximum atomic E-state index is 10.0. The summed E-state index contributed by atoms with van der Waals surface area (Å²) in [5, 5.41) is 29.0. The quantitative estimate of drug-likeness (QED) is 0.539. The standard InChI is InChI=1S/C11H13ClN4O4/c12-6-1-4(13)7-10(15-6)16(3-14-7)11-9(19)8(18)5(2-17)20-11/h1,3,5,8-9,11,17-19H,2H2,(H2,13,15)/t5-,8-,9?,11-/m1/s1. The number of ether oxygens (including phenoxy) is 1.